The van der Waals surface area contributed by atoms with Gasteiger partial charge in [0.1, 0.15) is 0 Å². The molecule has 1 rings (SSSR count). The molecule has 0 fully saturated rings. The third-order valence-electron chi connectivity index (χ3n) is 1.27. The zero-order valence-corrected chi connectivity index (χ0v) is 8.78. The third-order valence-corrected chi connectivity index (χ3v) is 2.18. The fraction of sp³-hybridized carbons (Fsp3) is 0.333. The van der Waals surface area contributed by atoms with Crippen LogP contribution < -0.4 is 0 Å². The second-order valence-electron chi connectivity index (χ2n) is 3.68. The van der Waals surface area contributed by atoms with Gasteiger partial charge >= 0.3 is 0 Å². The Hall–Kier alpha value is -0.963. The van der Waals surface area contributed by atoms with Crippen molar-refractivity contribution in [3.05, 3.63) is 30.1 Å². The van der Waals surface area contributed by atoms with E-state index in [2.05, 4.69) is 29.3 Å². The number of nitrogens with zero attached hydrogens (tertiary/aromatic N) is 2. The highest BCUT2D eigenvalue weighted by atomic mass is 28.3. The quantitative estimate of drug-likeness (QED) is 0.504. The molecular weight excluding hydrogens is 164 g/mol. The van der Waals surface area contributed by atoms with Crippen LogP contribution in [0.4, 0.5) is 0 Å². The molecular formula is C9H14N2Si. The first kappa shape index (κ1) is 9.13. The van der Waals surface area contributed by atoms with Crippen molar-refractivity contribution in [2.45, 2.75) is 19.6 Å². The van der Waals surface area contributed by atoms with E-state index in [1.165, 1.54) is 0 Å². The van der Waals surface area contributed by atoms with Crippen molar-refractivity contribution in [3.63, 3.8) is 0 Å². The lowest BCUT2D eigenvalue weighted by Crippen LogP contribution is -2.16. The van der Waals surface area contributed by atoms with Gasteiger partial charge < -0.3 is 4.66 Å². The fourth-order valence-electron chi connectivity index (χ4n) is 0.712. The lowest BCUT2D eigenvalue weighted by atomic mass is 10.4. The van der Waals surface area contributed by atoms with Crippen LogP contribution in [0, 0.1) is 0 Å². The average Bonchev–Trinajstić information content (AvgIpc) is 2.02. The van der Waals surface area contributed by atoms with Gasteiger partial charge in [0, 0.05) is 12.4 Å². The molecule has 0 aliphatic rings. The van der Waals surface area contributed by atoms with Gasteiger partial charge in [0.25, 0.3) is 0 Å². The number of hydrogen-bond acceptors (Lipinski definition) is 2. The molecule has 0 amide bonds. The maximum absolute atomic E-state index is 4.48. The largest absolute Gasteiger partial charge is 0.327 e. The van der Waals surface area contributed by atoms with Crippen molar-refractivity contribution in [1.29, 1.82) is 0 Å². The van der Waals surface area contributed by atoms with E-state index < -0.39 is 8.24 Å². The summed E-state index contributed by atoms with van der Waals surface area (Å²) in [5, 5.41) is 0. The highest BCUT2D eigenvalue weighted by molar-refractivity contribution is 6.75. The molecule has 64 valence electrons. The van der Waals surface area contributed by atoms with E-state index in [0.717, 1.165) is 5.69 Å². The summed E-state index contributed by atoms with van der Waals surface area (Å²) in [5.74, 6) is 0. The highest BCUT2D eigenvalue weighted by Crippen LogP contribution is 2.01. The molecule has 0 aliphatic heterocycles. The van der Waals surface area contributed by atoms with Gasteiger partial charge in [-0.2, -0.15) is 0 Å². The average molecular weight is 178 g/mol. The van der Waals surface area contributed by atoms with Crippen LogP contribution in [-0.2, 0) is 0 Å². The van der Waals surface area contributed by atoms with E-state index in [1.807, 2.05) is 24.4 Å². The predicted octanol–water partition coefficient (Wildman–Crippen LogP) is 2.34. The minimum absolute atomic E-state index is 0.944. The van der Waals surface area contributed by atoms with Crippen molar-refractivity contribution in [1.82, 2.24) is 4.98 Å². The Kier molecular flexibility index (Phi) is 2.76. The number of aromatic nitrogens is 1. The zero-order chi connectivity index (χ0) is 9.03. The van der Waals surface area contributed by atoms with Gasteiger partial charge in [-0.15, -0.1) is 0 Å². The van der Waals surface area contributed by atoms with Gasteiger partial charge in [0.15, 0.2) is 8.24 Å². The molecule has 0 aromatic carbocycles. The summed E-state index contributed by atoms with van der Waals surface area (Å²) in [6.07, 6.45) is 3.65. The summed E-state index contributed by atoms with van der Waals surface area (Å²) in [5.41, 5.74) is 0.944. The Morgan fingerprint density at radius 2 is 2.08 bits per heavy atom. The Labute approximate surface area is 74.5 Å². The Morgan fingerprint density at radius 1 is 1.33 bits per heavy atom. The Morgan fingerprint density at radius 3 is 2.58 bits per heavy atom. The molecule has 0 aliphatic carbocycles. The van der Waals surface area contributed by atoms with Crippen molar-refractivity contribution < 1.29 is 0 Å². The molecule has 1 aromatic heterocycles. The maximum Gasteiger partial charge on any atom is 0.172 e. The van der Waals surface area contributed by atoms with Crippen LogP contribution in [0.5, 0.6) is 0 Å². The van der Waals surface area contributed by atoms with E-state index in [0.29, 0.717) is 0 Å². The normalized spacial score (nSPS) is 12.2. The fourth-order valence-corrected chi connectivity index (χ4v) is 1.23. The van der Waals surface area contributed by atoms with E-state index >= 15 is 0 Å². The third kappa shape index (κ3) is 3.43. The standard InChI is InChI=1S/C9H14N2Si/c1-12(2,3)11-8-9-6-4-5-7-10-9/h4-8H,1-3H3. The lowest BCUT2D eigenvalue weighted by Gasteiger charge is -2.06. The van der Waals surface area contributed by atoms with Gasteiger partial charge in [-0.3, -0.25) is 4.98 Å². The first-order valence-corrected chi connectivity index (χ1v) is 7.49. The van der Waals surface area contributed by atoms with Crippen molar-refractivity contribution in [2.24, 2.45) is 4.66 Å². The molecule has 2 nitrogen and oxygen atoms in total. The Balaban J connectivity index is 2.71. The van der Waals surface area contributed by atoms with Crippen LogP contribution in [0.2, 0.25) is 19.6 Å². The minimum Gasteiger partial charge on any atom is -0.327 e. The summed E-state index contributed by atoms with van der Waals surface area (Å²) in [6.45, 7) is 6.60. The summed E-state index contributed by atoms with van der Waals surface area (Å²) < 4.78 is 4.48. The van der Waals surface area contributed by atoms with Crippen LogP contribution in [0.25, 0.3) is 0 Å². The molecule has 12 heavy (non-hydrogen) atoms. The number of hydrogen-bond donors (Lipinski definition) is 0. The van der Waals surface area contributed by atoms with Gasteiger partial charge in [0.05, 0.1) is 5.69 Å². The highest BCUT2D eigenvalue weighted by Gasteiger charge is 2.08. The van der Waals surface area contributed by atoms with Crippen LogP contribution in [-0.4, -0.2) is 19.4 Å². The van der Waals surface area contributed by atoms with Gasteiger partial charge in [-0.1, -0.05) is 6.07 Å². The first-order chi connectivity index (χ1) is 5.58. The van der Waals surface area contributed by atoms with Crippen LogP contribution in [0.3, 0.4) is 0 Å². The Bertz CT molecular complexity index is 262. The molecule has 0 saturated carbocycles. The summed E-state index contributed by atoms with van der Waals surface area (Å²) in [6, 6.07) is 5.84. The molecule has 0 N–H and O–H groups in total. The molecule has 3 heteroatoms. The van der Waals surface area contributed by atoms with Crippen molar-refractivity contribution >= 4 is 14.5 Å². The summed E-state index contributed by atoms with van der Waals surface area (Å²) >= 11 is 0. The van der Waals surface area contributed by atoms with Gasteiger partial charge in [-0.05, 0) is 31.8 Å². The lowest BCUT2D eigenvalue weighted by molar-refractivity contribution is 1.30. The van der Waals surface area contributed by atoms with Gasteiger partial charge in [-0.25, -0.2) is 0 Å². The van der Waals surface area contributed by atoms with Gasteiger partial charge in [0.2, 0.25) is 0 Å². The second kappa shape index (κ2) is 3.63. The van der Waals surface area contributed by atoms with E-state index in [-0.39, 0.29) is 0 Å². The minimum atomic E-state index is -1.31. The van der Waals surface area contributed by atoms with Crippen molar-refractivity contribution in [2.75, 3.05) is 0 Å². The van der Waals surface area contributed by atoms with E-state index in [4.69, 9.17) is 0 Å². The van der Waals surface area contributed by atoms with Crippen LogP contribution in [0.15, 0.2) is 29.1 Å². The van der Waals surface area contributed by atoms with Crippen LogP contribution in [0.1, 0.15) is 5.69 Å². The zero-order valence-electron chi connectivity index (χ0n) is 7.78. The second-order valence-corrected chi connectivity index (χ2v) is 8.28. The van der Waals surface area contributed by atoms with Crippen molar-refractivity contribution in [3.8, 4) is 0 Å². The number of rotatable bonds is 2. The van der Waals surface area contributed by atoms with E-state index in [1.54, 1.807) is 6.20 Å². The molecule has 1 aromatic rings. The molecule has 0 saturated heterocycles. The first-order valence-electron chi connectivity index (χ1n) is 4.04. The number of pyridine rings is 1. The molecule has 1 heterocycles. The van der Waals surface area contributed by atoms with E-state index in [9.17, 15) is 0 Å². The van der Waals surface area contributed by atoms with Crippen LogP contribution >= 0.6 is 0 Å². The molecule has 0 unspecified atom stereocenters. The summed E-state index contributed by atoms with van der Waals surface area (Å²) in [7, 11) is -1.31. The predicted molar refractivity (Wildman–Crippen MR) is 55.2 cm³/mol. The molecule has 0 radical (unpaired) electrons. The molecule has 0 bridgehead atoms. The SMILES string of the molecule is C[Si](C)(C)N=Cc1ccccn1. The summed E-state index contributed by atoms with van der Waals surface area (Å²) in [4.78, 5) is 4.15. The monoisotopic (exact) mass is 178 g/mol. The maximum atomic E-state index is 4.48. The topological polar surface area (TPSA) is 25.2 Å². The molecule has 0 spiro atoms. The molecule has 0 atom stereocenters. The smallest absolute Gasteiger partial charge is 0.172 e.